The zero-order valence-corrected chi connectivity index (χ0v) is 39.7. The smallest absolute Gasteiger partial charge is 0.306 e. The van der Waals surface area contributed by atoms with E-state index in [2.05, 4.69) is 69.4 Å². The van der Waals surface area contributed by atoms with Crippen molar-refractivity contribution in [1.29, 1.82) is 0 Å². The van der Waals surface area contributed by atoms with Crippen LogP contribution in [0.3, 0.4) is 0 Å². The SMILES string of the molecule is CC/C=C\C/C=C\C/C=C\CCCCCCCCC(=O)OCC(COC(=O)CCCCCCCCCCCCCC)OC(=O)CCCCC/C=C\CCCCCCCCC. The number of esters is 3. The van der Waals surface area contributed by atoms with Gasteiger partial charge in [0.15, 0.2) is 6.10 Å². The van der Waals surface area contributed by atoms with Crippen LogP contribution in [-0.4, -0.2) is 37.2 Å². The van der Waals surface area contributed by atoms with Crippen molar-refractivity contribution in [2.45, 2.75) is 264 Å². The highest BCUT2D eigenvalue weighted by molar-refractivity contribution is 5.71. The lowest BCUT2D eigenvalue weighted by Crippen LogP contribution is -2.30. The maximum Gasteiger partial charge on any atom is 0.306 e. The first kappa shape index (κ1) is 57.4. The minimum absolute atomic E-state index is 0.0812. The van der Waals surface area contributed by atoms with E-state index in [1.165, 1.54) is 122 Å². The Kier molecular flexibility index (Phi) is 46.9. The van der Waals surface area contributed by atoms with Gasteiger partial charge in [0.1, 0.15) is 13.2 Å². The lowest BCUT2D eigenvalue weighted by atomic mass is 10.0. The highest BCUT2D eigenvalue weighted by Crippen LogP contribution is 2.15. The molecule has 0 bridgehead atoms. The Labute approximate surface area is 371 Å². The molecule has 0 aromatic carbocycles. The topological polar surface area (TPSA) is 78.9 Å². The molecule has 0 amide bonds. The molecule has 6 nitrogen and oxygen atoms in total. The molecule has 0 rings (SSSR count). The molecule has 0 radical (unpaired) electrons. The van der Waals surface area contributed by atoms with Gasteiger partial charge in [-0.3, -0.25) is 14.4 Å². The van der Waals surface area contributed by atoms with Gasteiger partial charge in [-0.05, 0) is 77.0 Å². The predicted octanol–water partition coefficient (Wildman–Crippen LogP) is 16.7. The number of carbonyl (C=O) groups is 3. The van der Waals surface area contributed by atoms with Crippen molar-refractivity contribution in [1.82, 2.24) is 0 Å². The summed E-state index contributed by atoms with van der Waals surface area (Å²) in [5.74, 6) is -0.904. The number of carbonyl (C=O) groups excluding carboxylic acids is 3. The third-order valence-electron chi connectivity index (χ3n) is 11.1. The zero-order valence-electron chi connectivity index (χ0n) is 39.7. The number of unbranched alkanes of at least 4 members (excludes halogenated alkanes) is 27. The Bertz CT molecular complexity index is 1060. The summed E-state index contributed by atoms with van der Waals surface area (Å²) in [5, 5.41) is 0. The van der Waals surface area contributed by atoms with Crippen LogP contribution < -0.4 is 0 Å². The Morgan fingerprint density at radius 2 is 0.650 bits per heavy atom. The second-order valence-electron chi connectivity index (χ2n) is 17.1. The summed E-state index contributed by atoms with van der Waals surface area (Å²) in [5.41, 5.74) is 0. The summed E-state index contributed by atoms with van der Waals surface area (Å²) < 4.78 is 16.8. The second-order valence-corrected chi connectivity index (χ2v) is 17.1. The van der Waals surface area contributed by atoms with Crippen LogP contribution in [0, 0.1) is 0 Å². The van der Waals surface area contributed by atoms with Crippen molar-refractivity contribution in [3.05, 3.63) is 48.6 Å². The molecule has 0 N–H and O–H groups in total. The minimum atomic E-state index is -0.782. The van der Waals surface area contributed by atoms with Crippen molar-refractivity contribution in [3.8, 4) is 0 Å². The summed E-state index contributed by atoms with van der Waals surface area (Å²) in [7, 11) is 0. The van der Waals surface area contributed by atoms with Crippen molar-refractivity contribution in [3.63, 3.8) is 0 Å². The van der Waals surface area contributed by atoms with Crippen LogP contribution in [0.5, 0.6) is 0 Å². The quantitative estimate of drug-likeness (QED) is 0.0263. The summed E-state index contributed by atoms with van der Waals surface area (Å²) in [6.45, 7) is 6.51. The average molecular weight is 841 g/mol. The molecule has 6 heteroatoms. The van der Waals surface area contributed by atoms with E-state index in [4.69, 9.17) is 14.2 Å². The van der Waals surface area contributed by atoms with Gasteiger partial charge < -0.3 is 14.2 Å². The molecule has 348 valence electrons. The van der Waals surface area contributed by atoms with E-state index in [0.29, 0.717) is 19.3 Å². The van der Waals surface area contributed by atoms with Crippen molar-refractivity contribution in [2.24, 2.45) is 0 Å². The van der Waals surface area contributed by atoms with E-state index in [9.17, 15) is 14.4 Å². The summed E-state index contributed by atoms with van der Waals surface area (Å²) >= 11 is 0. The normalized spacial score (nSPS) is 12.4. The van der Waals surface area contributed by atoms with E-state index in [-0.39, 0.29) is 31.1 Å². The molecule has 0 saturated heterocycles. The van der Waals surface area contributed by atoms with Gasteiger partial charge in [0.05, 0.1) is 0 Å². The molecule has 60 heavy (non-hydrogen) atoms. The van der Waals surface area contributed by atoms with Crippen LogP contribution in [0.2, 0.25) is 0 Å². The molecule has 0 heterocycles. The Balaban J connectivity index is 4.40. The van der Waals surface area contributed by atoms with Gasteiger partial charge in [0.25, 0.3) is 0 Å². The molecule has 0 fully saturated rings. The molecule has 0 aliphatic carbocycles. The minimum Gasteiger partial charge on any atom is -0.462 e. The number of hydrogen-bond acceptors (Lipinski definition) is 6. The van der Waals surface area contributed by atoms with Gasteiger partial charge in [0.2, 0.25) is 0 Å². The van der Waals surface area contributed by atoms with Gasteiger partial charge in [-0.15, -0.1) is 0 Å². The number of allylic oxidation sites excluding steroid dienone is 8. The number of ether oxygens (including phenoxy) is 3. The van der Waals surface area contributed by atoms with Crippen molar-refractivity contribution >= 4 is 17.9 Å². The third-order valence-corrected chi connectivity index (χ3v) is 11.1. The fraction of sp³-hybridized carbons (Fsp3) is 0.796. The third kappa shape index (κ3) is 46.4. The molecule has 0 aromatic heterocycles. The van der Waals surface area contributed by atoms with Crippen molar-refractivity contribution < 1.29 is 28.6 Å². The van der Waals surface area contributed by atoms with Crippen LogP contribution in [0.25, 0.3) is 0 Å². The summed E-state index contributed by atoms with van der Waals surface area (Å²) in [4.78, 5) is 37.9. The first-order valence-corrected chi connectivity index (χ1v) is 25.6. The molecule has 1 unspecified atom stereocenters. The van der Waals surface area contributed by atoms with E-state index < -0.39 is 6.10 Å². The van der Waals surface area contributed by atoms with Crippen molar-refractivity contribution in [2.75, 3.05) is 13.2 Å². The summed E-state index contributed by atoms with van der Waals surface area (Å²) in [6, 6.07) is 0. The Morgan fingerprint density at radius 1 is 0.350 bits per heavy atom. The Morgan fingerprint density at radius 3 is 1.05 bits per heavy atom. The lowest BCUT2D eigenvalue weighted by Gasteiger charge is -2.18. The van der Waals surface area contributed by atoms with Gasteiger partial charge in [0, 0.05) is 19.3 Å². The largest absolute Gasteiger partial charge is 0.462 e. The second kappa shape index (κ2) is 49.0. The highest BCUT2D eigenvalue weighted by Gasteiger charge is 2.19. The maximum atomic E-state index is 12.8. The average Bonchev–Trinajstić information content (AvgIpc) is 3.24. The number of rotatable bonds is 46. The van der Waals surface area contributed by atoms with Crippen LogP contribution >= 0.6 is 0 Å². The molecular weight excluding hydrogens is 745 g/mol. The van der Waals surface area contributed by atoms with Crippen LogP contribution in [0.1, 0.15) is 258 Å². The van der Waals surface area contributed by atoms with Gasteiger partial charge >= 0.3 is 17.9 Å². The zero-order chi connectivity index (χ0) is 43.7. The molecule has 0 aliphatic heterocycles. The first-order chi connectivity index (χ1) is 29.5. The maximum absolute atomic E-state index is 12.8. The first-order valence-electron chi connectivity index (χ1n) is 25.6. The molecule has 0 aliphatic rings. The predicted molar refractivity (Wildman–Crippen MR) is 256 cm³/mol. The molecule has 1 atom stereocenters. The van der Waals surface area contributed by atoms with E-state index in [0.717, 1.165) is 96.3 Å². The highest BCUT2D eigenvalue weighted by atomic mass is 16.6. The monoisotopic (exact) mass is 841 g/mol. The lowest BCUT2D eigenvalue weighted by molar-refractivity contribution is -0.167. The van der Waals surface area contributed by atoms with Gasteiger partial charge in [-0.2, -0.15) is 0 Å². The van der Waals surface area contributed by atoms with Gasteiger partial charge in [-0.25, -0.2) is 0 Å². The van der Waals surface area contributed by atoms with Crippen LogP contribution in [0.4, 0.5) is 0 Å². The van der Waals surface area contributed by atoms with E-state index in [1.807, 2.05) is 0 Å². The Hall–Kier alpha value is -2.63. The van der Waals surface area contributed by atoms with E-state index >= 15 is 0 Å². The molecule has 0 spiro atoms. The van der Waals surface area contributed by atoms with Crippen LogP contribution in [-0.2, 0) is 28.6 Å². The van der Waals surface area contributed by atoms with Crippen LogP contribution in [0.15, 0.2) is 48.6 Å². The molecule has 0 aromatic rings. The molecular formula is C54H96O6. The number of hydrogen-bond donors (Lipinski definition) is 0. The van der Waals surface area contributed by atoms with Gasteiger partial charge in [-0.1, -0.05) is 211 Å². The fourth-order valence-corrected chi connectivity index (χ4v) is 7.22. The standard InChI is InChI=1S/C54H96O6/c1-4-7-10-13-16-19-22-25-27-28-30-32-35-38-41-44-47-53(56)59-50-51(49-58-52(55)46-43-40-37-34-31-24-21-18-15-12-9-6-3)60-54(57)48-45-42-39-36-33-29-26-23-20-17-14-11-8-5-2/h7,10,16,19,25,27,29,33,51H,4-6,8-9,11-15,17-18,20-24,26,28,30-32,34-50H2,1-3H3/b10-7-,19-16-,27-25-,33-29-. The summed E-state index contributed by atoms with van der Waals surface area (Å²) in [6.07, 6.45) is 58.0. The molecule has 0 saturated carbocycles. The van der Waals surface area contributed by atoms with E-state index in [1.54, 1.807) is 0 Å². The fourth-order valence-electron chi connectivity index (χ4n) is 7.22.